The van der Waals surface area contributed by atoms with Crippen LogP contribution in [0.3, 0.4) is 0 Å². The Kier molecular flexibility index (Phi) is 5.09. The number of benzene rings is 1. The Morgan fingerprint density at radius 1 is 1.46 bits per heavy atom. The molecule has 1 atom stereocenters. The minimum absolute atomic E-state index is 0.00780. The quantitative estimate of drug-likeness (QED) is 0.843. The lowest BCUT2D eigenvalue weighted by Crippen LogP contribution is -2.33. The molecule has 24 heavy (non-hydrogen) atoms. The number of fused-ring (bicyclic) bond motifs is 1. The molecule has 0 radical (unpaired) electrons. The summed E-state index contributed by atoms with van der Waals surface area (Å²) in [7, 11) is 0. The van der Waals surface area contributed by atoms with Gasteiger partial charge in [0.05, 0.1) is 5.92 Å². The van der Waals surface area contributed by atoms with Crippen LogP contribution in [0, 0.1) is 5.92 Å². The number of hydrogen-bond donors (Lipinski definition) is 2. The van der Waals surface area contributed by atoms with Crippen LogP contribution in [0.2, 0.25) is 5.02 Å². The second kappa shape index (κ2) is 7.26. The third-order valence-corrected chi connectivity index (χ3v) is 4.75. The molecule has 0 aliphatic carbocycles. The molecule has 2 aromatic rings. The zero-order chi connectivity index (χ0) is 17.1. The highest BCUT2D eigenvalue weighted by Crippen LogP contribution is 2.24. The van der Waals surface area contributed by atoms with Gasteiger partial charge in [0.25, 0.3) is 0 Å². The van der Waals surface area contributed by atoms with E-state index in [1.54, 1.807) is 4.90 Å². The Morgan fingerprint density at radius 2 is 2.29 bits per heavy atom. The van der Waals surface area contributed by atoms with Crippen molar-refractivity contribution in [3.8, 4) is 0 Å². The van der Waals surface area contributed by atoms with E-state index in [1.165, 1.54) is 0 Å². The number of likely N-dealkylation sites (tertiary alicyclic amines) is 1. The fraction of sp³-hybridized carbons (Fsp3) is 0.444. The summed E-state index contributed by atoms with van der Waals surface area (Å²) in [5, 5.41) is 4.67. The van der Waals surface area contributed by atoms with E-state index in [-0.39, 0.29) is 17.7 Å². The molecule has 2 N–H and O–H groups in total. The Balaban J connectivity index is 1.61. The summed E-state index contributed by atoms with van der Waals surface area (Å²) < 4.78 is 0. The van der Waals surface area contributed by atoms with Crippen molar-refractivity contribution in [2.24, 2.45) is 5.92 Å². The molecule has 1 aliphatic rings. The van der Waals surface area contributed by atoms with Crippen molar-refractivity contribution in [1.29, 1.82) is 0 Å². The van der Waals surface area contributed by atoms with E-state index in [9.17, 15) is 9.59 Å². The molecule has 2 amide bonds. The molecule has 1 saturated heterocycles. The van der Waals surface area contributed by atoms with Crippen molar-refractivity contribution >= 4 is 34.3 Å². The first-order valence-electron chi connectivity index (χ1n) is 8.39. The van der Waals surface area contributed by atoms with Crippen molar-refractivity contribution in [3.63, 3.8) is 0 Å². The second-order valence-corrected chi connectivity index (χ2v) is 6.72. The van der Waals surface area contributed by atoms with Gasteiger partial charge in [0.2, 0.25) is 11.8 Å². The normalized spacial score (nSPS) is 17.7. The summed E-state index contributed by atoms with van der Waals surface area (Å²) in [6.45, 7) is 3.81. The standard InChI is InChI=1S/C18H22ClN3O2/c1-2-6-20-18(24)13-8-17(23)22(11-13)7-5-12-10-21-16-4-3-14(19)9-15(12)16/h3-4,9-10,13,21H,2,5-8,11H2,1H3,(H,20,24)/t13-/m0/s1. The number of amides is 2. The summed E-state index contributed by atoms with van der Waals surface area (Å²) in [4.78, 5) is 29.2. The van der Waals surface area contributed by atoms with Crippen LogP contribution in [-0.2, 0) is 16.0 Å². The number of halogens is 1. The van der Waals surface area contributed by atoms with Crippen LogP contribution >= 0.6 is 11.6 Å². The molecule has 5 nitrogen and oxygen atoms in total. The van der Waals surface area contributed by atoms with Crippen LogP contribution in [0.15, 0.2) is 24.4 Å². The van der Waals surface area contributed by atoms with Gasteiger partial charge in [-0.3, -0.25) is 9.59 Å². The van der Waals surface area contributed by atoms with Gasteiger partial charge in [0.1, 0.15) is 0 Å². The topological polar surface area (TPSA) is 65.2 Å². The molecule has 0 saturated carbocycles. The summed E-state index contributed by atoms with van der Waals surface area (Å²) in [5.74, 6) is -0.169. The second-order valence-electron chi connectivity index (χ2n) is 6.29. The predicted molar refractivity (Wildman–Crippen MR) is 95.0 cm³/mol. The lowest BCUT2D eigenvalue weighted by molar-refractivity contribution is -0.129. The molecule has 0 bridgehead atoms. The molecule has 2 heterocycles. The smallest absolute Gasteiger partial charge is 0.225 e. The van der Waals surface area contributed by atoms with E-state index >= 15 is 0 Å². The summed E-state index contributed by atoms with van der Waals surface area (Å²) >= 11 is 6.07. The molecule has 3 rings (SSSR count). The van der Waals surface area contributed by atoms with E-state index in [2.05, 4.69) is 10.3 Å². The Bertz CT molecular complexity index is 756. The molecule has 6 heteroatoms. The average molecular weight is 348 g/mol. The maximum Gasteiger partial charge on any atom is 0.225 e. The predicted octanol–water partition coefficient (Wildman–Crippen LogP) is 2.74. The Hall–Kier alpha value is -2.01. The van der Waals surface area contributed by atoms with Gasteiger partial charge in [-0.2, -0.15) is 0 Å². The van der Waals surface area contributed by atoms with E-state index in [0.717, 1.165) is 29.3 Å². The van der Waals surface area contributed by atoms with Crippen molar-refractivity contribution in [2.75, 3.05) is 19.6 Å². The molecular weight excluding hydrogens is 326 g/mol. The first-order chi connectivity index (χ1) is 11.6. The molecule has 0 unspecified atom stereocenters. The number of rotatable bonds is 6. The van der Waals surface area contributed by atoms with Crippen LogP contribution in [0.5, 0.6) is 0 Å². The van der Waals surface area contributed by atoms with Crippen molar-refractivity contribution in [1.82, 2.24) is 15.2 Å². The SMILES string of the molecule is CCCNC(=O)[C@H]1CC(=O)N(CCc2c[nH]c3ccc(Cl)cc23)C1. The summed E-state index contributed by atoms with van der Waals surface area (Å²) in [6.07, 6.45) is 3.93. The number of carbonyl (C=O) groups excluding carboxylic acids is 2. The molecular formula is C18H22ClN3O2. The third kappa shape index (κ3) is 3.56. The highest BCUT2D eigenvalue weighted by molar-refractivity contribution is 6.31. The minimum Gasteiger partial charge on any atom is -0.361 e. The van der Waals surface area contributed by atoms with Crippen LogP contribution in [0.4, 0.5) is 0 Å². The number of nitrogens with one attached hydrogen (secondary N) is 2. The van der Waals surface area contributed by atoms with Gasteiger partial charge in [-0.05, 0) is 36.6 Å². The van der Waals surface area contributed by atoms with E-state index in [1.807, 2.05) is 31.3 Å². The van der Waals surface area contributed by atoms with E-state index in [0.29, 0.717) is 31.1 Å². The van der Waals surface area contributed by atoms with Gasteiger partial charge in [-0.15, -0.1) is 0 Å². The molecule has 0 spiro atoms. The zero-order valence-electron chi connectivity index (χ0n) is 13.8. The lowest BCUT2D eigenvalue weighted by Gasteiger charge is -2.16. The van der Waals surface area contributed by atoms with Gasteiger partial charge < -0.3 is 15.2 Å². The minimum atomic E-state index is -0.221. The van der Waals surface area contributed by atoms with Gasteiger partial charge in [-0.25, -0.2) is 0 Å². The van der Waals surface area contributed by atoms with Gasteiger partial charge in [0, 0.05) is 48.2 Å². The van der Waals surface area contributed by atoms with E-state index in [4.69, 9.17) is 11.6 Å². The fourth-order valence-electron chi connectivity index (χ4n) is 3.17. The van der Waals surface area contributed by atoms with Crippen LogP contribution in [-0.4, -0.2) is 41.3 Å². The number of H-pyrrole nitrogens is 1. The zero-order valence-corrected chi connectivity index (χ0v) is 14.5. The average Bonchev–Trinajstić information content (AvgIpc) is 3.14. The fourth-order valence-corrected chi connectivity index (χ4v) is 3.34. The van der Waals surface area contributed by atoms with Crippen LogP contribution in [0.1, 0.15) is 25.3 Å². The largest absolute Gasteiger partial charge is 0.361 e. The van der Waals surface area contributed by atoms with Crippen molar-refractivity contribution in [2.45, 2.75) is 26.2 Å². The van der Waals surface area contributed by atoms with Crippen molar-refractivity contribution in [3.05, 3.63) is 35.0 Å². The number of hydrogen-bond acceptors (Lipinski definition) is 2. The number of nitrogens with zero attached hydrogens (tertiary/aromatic N) is 1. The number of aromatic nitrogens is 1. The summed E-state index contributed by atoms with van der Waals surface area (Å²) in [5.41, 5.74) is 2.18. The Labute approximate surface area is 146 Å². The van der Waals surface area contributed by atoms with Crippen molar-refractivity contribution < 1.29 is 9.59 Å². The number of aromatic amines is 1. The maximum atomic E-state index is 12.2. The molecule has 1 aliphatic heterocycles. The first kappa shape index (κ1) is 16.8. The molecule has 1 fully saturated rings. The molecule has 1 aromatic heterocycles. The molecule has 128 valence electrons. The molecule has 1 aromatic carbocycles. The monoisotopic (exact) mass is 347 g/mol. The van der Waals surface area contributed by atoms with Gasteiger partial charge >= 0.3 is 0 Å². The lowest BCUT2D eigenvalue weighted by atomic mass is 10.1. The highest BCUT2D eigenvalue weighted by atomic mass is 35.5. The third-order valence-electron chi connectivity index (χ3n) is 4.52. The summed E-state index contributed by atoms with van der Waals surface area (Å²) in [6, 6.07) is 5.75. The van der Waals surface area contributed by atoms with Crippen LogP contribution < -0.4 is 5.32 Å². The van der Waals surface area contributed by atoms with Gasteiger partial charge in [0.15, 0.2) is 0 Å². The first-order valence-corrected chi connectivity index (χ1v) is 8.77. The highest BCUT2D eigenvalue weighted by Gasteiger charge is 2.33. The van der Waals surface area contributed by atoms with E-state index < -0.39 is 0 Å². The number of carbonyl (C=O) groups is 2. The Morgan fingerprint density at radius 3 is 3.08 bits per heavy atom. The van der Waals surface area contributed by atoms with Crippen LogP contribution in [0.25, 0.3) is 10.9 Å². The van der Waals surface area contributed by atoms with Gasteiger partial charge in [-0.1, -0.05) is 18.5 Å². The maximum absolute atomic E-state index is 12.2.